The Morgan fingerprint density at radius 2 is 1.35 bits per heavy atom. The standard InChI is InChI=1S/C28H43NO11/c1-9-12-35-26(32)36-18(6)15-29-22(25(30)31)13-21-10-11-23(39-27(33)37-19(7)16(2)3)24(14-21)40-28(34)38-20(8)17(4)5/h10-11,14,16-20,22,29H,9,12-13,15H2,1-8H3,(H,30,31)/t18?,19?,20?,22-/m0/s1. The molecule has 0 bridgehead atoms. The van der Waals surface area contributed by atoms with E-state index in [1.54, 1.807) is 20.8 Å². The number of rotatable bonds is 15. The molecule has 0 saturated carbocycles. The molecular formula is C28H43NO11. The number of ether oxygens (including phenoxy) is 6. The van der Waals surface area contributed by atoms with E-state index < -0.39 is 48.8 Å². The predicted molar refractivity (Wildman–Crippen MR) is 145 cm³/mol. The maximum atomic E-state index is 12.4. The summed E-state index contributed by atoms with van der Waals surface area (Å²) in [7, 11) is 0. The average Bonchev–Trinajstić information content (AvgIpc) is 2.86. The van der Waals surface area contributed by atoms with Crippen LogP contribution in [0.4, 0.5) is 14.4 Å². The van der Waals surface area contributed by atoms with Gasteiger partial charge in [0.15, 0.2) is 11.5 Å². The number of carbonyl (C=O) groups excluding carboxylic acids is 3. The van der Waals surface area contributed by atoms with Gasteiger partial charge in [0.1, 0.15) is 24.4 Å². The van der Waals surface area contributed by atoms with Crippen molar-refractivity contribution in [2.75, 3.05) is 13.2 Å². The van der Waals surface area contributed by atoms with Gasteiger partial charge in [-0.25, -0.2) is 14.4 Å². The summed E-state index contributed by atoms with van der Waals surface area (Å²) < 4.78 is 31.1. The Balaban J connectivity index is 3.05. The molecule has 0 saturated heterocycles. The van der Waals surface area contributed by atoms with Gasteiger partial charge in [0.05, 0.1) is 6.61 Å². The second kappa shape index (κ2) is 17.2. The van der Waals surface area contributed by atoms with Crippen LogP contribution >= 0.6 is 0 Å². The largest absolute Gasteiger partial charge is 0.514 e. The molecule has 2 N–H and O–H groups in total. The minimum Gasteiger partial charge on any atom is -0.480 e. The number of carbonyl (C=O) groups is 4. The first-order chi connectivity index (χ1) is 18.7. The molecule has 0 amide bonds. The molecule has 1 aromatic rings. The average molecular weight is 570 g/mol. The second-order valence-corrected chi connectivity index (χ2v) is 10.1. The van der Waals surface area contributed by atoms with Gasteiger partial charge in [0.25, 0.3) is 0 Å². The second-order valence-electron chi connectivity index (χ2n) is 10.1. The van der Waals surface area contributed by atoms with Gasteiger partial charge in [-0.3, -0.25) is 4.79 Å². The van der Waals surface area contributed by atoms with Gasteiger partial charge >= 0.3 is 24.4 Å². The van der Waals surface area contributed by atoms with Crippen LogP contribution in [0.15, 0.2) is 18.2 Å². The Kier molecular flexibility index (Phi) is 14.8. The Bertz CT molecular complexity index is 979. The Morgan fingerprint density at radius 3 is 1.85 bits per heavy atom. The summed E-state index contributed by atoms with van der Waals surface area (Å²) in [5.74, 6) is -1.32. The van der Waals surface area contributed by atoms with Crippen molar-refractivity contribution in [3.8, 4) is 11.5 Å². The van der Waals surface area contributed by atoms with Gasteiger partial charge in [0.2, 0.25) is 0 Å². The van der Waals surface area contributed by atoms with E-state index in [9.17, 15) is 24.3 Å². The minimum absolute atomic E-state index is 0.0318. The third-order valence-corrected chi connectivity index (χ3v) is 5.95. The summed E-state index contributed by atoms with van der Waals surface area (Å²) in [5.41, 5.74) is 0.451. The van der Waals surface area contributed by atoms with Gasteiger partial charge in [-0.05, 0) is 63.1 Å². The molecule has 0 aromatic heterocycles. The van der Waals surface area contributed by atoms with Crippen LogP contribution < -0.4 is 14.8 Å². The monoisotopic (exact) mass is 569 g/mol. The number of hydrogen-bond donors (Lipinski definition) is 2. The molecule has 1 rings (SSSR count). The quantitative estimate of drug-likeness (QED) is 0.159. The van der Waals surface area contributed by atoms with Gasteiger partial charge in [-0.2, -0.15) is 0 Å². The van der Waals surface area contributed by atoms with Crippen LogP contribution in [0, 0.1) is 11.8 Å². The van der Waals surface area contributed by atoms with Crippen molar-refractivity contribution in [2.45, 2.75) is 92.6 Å². The van der Waals surface area contributed by atoms with Crippen molar-refractivity contribution in [3.05, 3.63) is 23.8 Å². The maximum absolute atomic E-state index is 12.4. The zero-order valence-corrected chi connectivity index (χ0v) is 24.6. The van der Waals surface area contributed by atoms with Crippen molar-refractivity contribution in [2.24, 2.45) is 11.8 Å². The normalized spacial score (nSPS) is 14.1. The lowest BCUT2D eigenvalue weighted by atomic mass is 10.0. The number of carboxylic acid groups (broad SMARTS) is 1. The van der Waals surface area contributed by atoms with Crippen LogP contribution in [-0.2, 0) is 30.2 Å². The molecule has 12 nitrogen and oxygen atoms in total. The lowest BCUT2D eigenvalue weighted by molar-refractivity contribution is -0.139. The first-order valence-electron chi connectivity index (χ1n) is 13.4. The molecule has 0 aliphatic carbocycles. The molecule has 40 heavy (non-hydrogen) atoms. The Labute approximate surface area is 235 Å². The van der Waals surface area contributed by atoms with E-state index in [-0.39, 0.29) is 42.9 Å². The first-order valence-corrected chi connectivity index (χ1v) is 13.4. The summed E-state index contributed by atoms with van der Waals surface area (Å²) in [6.07, 6.45) is -3.74. The van der Waals surface area contributed by atoms with E-state index in [0.717, 1.165) is 0 Å². The molecule has 0 radical (unpaired) electrons. The van der Waals surface area contributed by atoms with Crippen LogP contribution in [0.2, 0.25) is 0 Å². The highest BCUT2D eigenvalue weighted by atomic mass is 16.8. The maximum Gasteiger partial charge on any atom is 0.514 e. The smallest absolute Gasteiger partial charge is 0.480 e. The van der Waals surface area contributed by atoms with Gasteiger partial charge < -0.3 is 38.8 Å². The number of hydrogen-bond acceptors (Lipinski definition) is 11. The van der Waals surface area contributed by atoms with Crippen LogP contribution in [0.3, 0.4) is 0 Å². The Hall–Kier alpha value is -3.54. The molecule has 226 valence electrons. The zero-order valence-electron chi connectivity index (χ0n) is 24.6. The molecule has 4 atom stereocenters. The fourth-order valence-electron chi connectivity index (χ4n) is 2.86. The Morgan fingerprint density at radius 1 is 0.800 bits per heavy atom. The van der Waals surface area contributed by atoms with Crippen molar-refractivity contribution >= 4 is 24.4 Å². The molecule has 1 aromatic carbocycles. The molecule has 0 fully saturated rings. The molecule has 0 aliphatic heterocycles. The number of carboxylic acids is 1. The van der Waals surface area contributed by atoms with Crippen molar-refractivity contribution < 1.29 is 52.7 Å². The first kappa shape index (κ1) is 34.5. The number of aliphatic carboxylic acids is 1. The van der Waals surface area contributed by atoms with Gasteiger partial charge in [-0.15, -0.1) is 0 Å². The third kappa shape index (κ3) is 13.0. The highest BCUT2D eigenvalue weighted by molar-refractivity contribution is 5.74. The van der Waals surface area contributed by atoms with Crippen LogP contribution in [0.1, 0.15) is 67.4 Å². The molecular weight excluding hydrogens is 526 g/mol. The van der Waals surface area contributed by atoms with E-state index >= 15 is 0 Å². The van der Waals surface area contributed by atoms with Crippen molar-refractivity contribution in [1.82, 2.24) is 5.32 Å². The SMILES string of the molecule is CCCOC(=O)OC(C)CN[C@@H](Cc1ccc(OC(=O)OC(C)C(C)C)c(OC(=O)OC(C)C(C)C)c1)C(=O)O. The van der Waals surface area contributed by atoms with Crippen molar-refractivity contribution in [1.29, 1.82) is 0 Å². The van der Waals surface area contributed by atoms with Crippen LogP contribution in [0.25, 0.3) is 0 Å². The van der Waals surface area contributed by atoms with E-state index in [1.165, 1.54) is 18.2 Å². The third-order valence-electron chi connectivity index (χ3n) is 5.95. The zero-order chi connectivity index (χ0) is 30.4. The topological polar surface area (TPSA) is 156 Å². The van der Waals surface area contributed by atoms with Crippen molar-refractivity contribution in [3.63, 3.8) is 0 Å². The van der Waals surface area contributed by atoms with E-state index in [1.807, 2.05) is 34.6 Å². The summed E-state index contributed by atoms with van der Waals surface area (Å²) >= 11 is 0. The fraction of sp³-hybridized carbons (Fsp3) is 0.643. The van der Waals surface area contributed by atoms with Crippen LogP contribution in [-0.4, -0.2) is 67.0 Å². The number of benzene rings is 1. The molecule has 12 heteroatoms. The fourth-order valence-corrected chi connectivity index (χ4v) is 2.86. The lowest BCUT2D eigenvalue weighted by Gasteiger charge is -2.20. The summed E-state index contributed by atoms with van der Waals surface area (Å²) in [6, 6.07) is 3.21. The molecule has 3 unspecified atom stereocenters. The predicted octanol–water partition coefficient (Wildman–Crippen LogP) is 5.34. The minimum atomic E-state index is -1.15. The number of nitrogens with one attached hydrogen (secondary N) is 1. The molecule has 0 heterocycles. The van der Waals surface area contributed by atoms with Gasteiger partial charge in [0, 0.05) is 6.54 Å². The van der Waals surface area contributed by atoms with Gasteiger partial charge in [-0.1, -0.05) is 40.7 Å². The molecule has 0 spiro atoms. The van der Waals surface area contributed by atoms with E-state index in [2.05, 4.69) is 5.32 Å². The summed E-state index contributed by atoms with van der Waals surface area (Å²) in [5, 5.41) is 12.6. The highest BCUT2D eigenvalue weighted by Gasteiger charge is 2.24. The summed E-state index contributed by atoms with van der Waals surface area (Å²) in [4.78, 5) is 48.3. The highest BCUT2D eigenvalue weighted by Crippen LogP contribution is 2.30. The lowest BCUT2D eigenvalue weighted by Crippen LogP contribution is -2.42. The van der Waals surface area contributed by atoms with E-state index in [0.29, 0.717) is 12.0 Å². The van der Waals surface area contributed by atoms with E-state index in [4.69, 9.17) is 28.4 Å². The summed E-state index contributed by atoms with van der Waals surface area (Å²) in [6.45, 7) is 14.6. The molecule has 0 aliphatic rings. The van der Waals surface area contributed by atoms with Crippen LogP contribution in [0.5, 0.6) is 11.5 Å².